The number of nitrogens with zero attached hydrogens (tertiary/aromatic N) is 2. The van der Waals surface area contributed by atoms with Gasteiger partial charge >= 0.3 is 5.97 Å². The monoisotopic (exact) mass is 372 g/mol. The van der Waals surface area contributed by atoms with Crippen LogP contribution in [0.25, 0.3) is 11.5 Å². The van der Waals surface area contributed by atoms with Crippen molar-refractivity contribution in [1.29, 1.82) is 0 Å². The number of aromatic nitrogens is 2. The van der Waals surface area contributed by atoms with Crippen LogP contribution in [0.1, 0.15) is 24.5 Å². The molecule has 7 heteroatoms. The van der Waals surface area contributed by atoms with Gasteiger partial charge in [0, 0.05) is 10.6 Å². The highest BCUT2D eigenvalue weighted by atomic mass is 35.5. The van der Waals surface area contributed by atoms with E-state index in [1.54, 1.807) is 50.4 Å². The number of rotatable bonds is 6. The molecule has 0 aliphatic heterocycles. The maximum Gasteiger partial charge on any atom is 0.311 e. The summed E-state index contributed by atoms with van der Waals surface area (Å²) in [6.45, 7) is 1.69. The standard InChI is InChI=1S/C19H17ClN2O4/c1-12(25-17(23)11-13-3-7-15(20)8-4-13)18-21-22-19(26-18)14-5-9-16(24-2)10-6-14/h3-10,12H,11H2,1-2H3/t12-/m0/s1. The number of carbonyl (C=O) groups is 1. The summed E-state index contributed by atoms with van der Waals surface area (Å²) in [6.07, 6.45) is -0.504. The van der Waals surface area contributed by atoms with Crippen molar-refractivity contribution < 1.29 is 18.7 Å². The topological polar surface area (TPSA) is 74.5 Å². The van der Waals surface area contributed by atoms with E-state index >= 15 is 0 Å². The van der Waals surface area contributed by atoms with Gasteiger partial charge in [-0.05, 0) is 48.9 Å². The first-order valence-corrected chi connectivity index (χ1v) is 8.34. The van der Waals surface area contributed by atoms with Crippen molar-refractivity contribution in [3.63, 3.8) is 0 Å². The minimum Gasteiger partial charge on any atom is -0.497 e. The summed E-state index contributed by atoms with van der Waals surface area (Å²) >= 11 is 5.83. The molecule has 6 nitrogen and oxygen atoms in total. The summed E-state index contributed by atoms with van der Waals surface area (Å²) in [6, 6.07) is 14.2. The van der Waals surface area contributed by atoms with E-state index in [1.807, 2.05) is 12.1 Å². The summed E-state index contributed by atoms with van der Waals surface area (Å²) in [7, 11) is 1.60. The normalized spacial score (nSPS) is 11.8. The van der Waals surface area contributed by atoms with Crippen molar-refractivity contribution >= 4 is 17.6 Å². The highest BCUT2D eigenvalue weighted by Gasteiger charge is 2.19. The molecule has 1 heterocycles. The summed E-state index contributed by atoms with van der Waals surface area (Å²) < 4.78 is 16.1. The molecule has 0 fully saturated rings. The molecule has 0 saturated carbocycles. The van der Waals surface area contributed by atoms with Crippen molar-refractivity contribution in [2.45, 2.75) is 19.4 Å². The van der Waals surface area contributed by atoms with E-state index in [1.165, 1.54) is 0 Å². The SMILES string of the molecule is COc1ccc(-c2nnc([C@H](C)OC(=O)Cc3ccc(Cl)cc3)o2)cc1. The third-order valence-corrected chi connectivity index (χ3v) is 3.95. The molecule has 134 valence electrons. The zero-order valence-electron chi connectivity index (χ0n) is 14.3. The van der Waals surface area contributed by atoms with Gasteiger partial charge in [-0.1, -0.05) is 23.7 Å². The van der Waals surface area contributed by atoms with Gasteiger partial charge in [0.1, 0.15) is 5.75 Å². The molecule has 0 radical (unpaired) electrons. The van der Waals surface area contributed by atoms with Crippen LogP contribution in [0.2, 0.25) is 5.02 Å². The molecule has 0 spiro atoms. The maximum absolute atomic E-state index is 12.1. The maximum atomic E-state index is 12.1. The molecular weight excluding hydrogens is 356 g/mol. The Hall–Kier alpha value is -2.86. The van der Waals surface area contributed by atoms with Crippen LogP contribution in [0.3, 0.4) is 0 Å². The highest BCUT2D eigenvalue weighted by Crippen LogP contribution is 2.24. The van der Waals surface area contributed by atoms with Crippen LogP contribution < -0.4 is 4.74 Å². The number of methoxy groups -OCH3 is 1. The second-order valence-corrected chi connectivity index (χ2v) is 6.05. The van der Waals surface area contributed by atoms with E-state index in [2.05, 4.69) is 10.2 Å². The van der Waals surface area contributed by atoms with Crippen LogP contribution in [0.4, 0.5) is 0 Å². The van der Waals surface area contributed by atoms with Gasteiger partial charge in [0.15, 0.2) is 6.10 Å². The number of esters is 1. The van der Waals surface area contributed by atoms with E-state index in [-0.39, 0.29) is 18.3 Å². The summed E-state index contributed by atoms with van der Waals surface area (Å²) in [5, 5.41) is 8.58. The fourth-order valence-electron chi connectivity index (χ4n) is 2.31. The first-order valence-electron chi connectivity index (χ1n) is 7.97. The van der Waals surface area contributed by atoms with Gasteiger partial charge < -0.3 is 13.9 Å². The molecule has 1 aromatic heterocycles. The first kappa shape index (κ1) is 17.9. The van der Waals surface area contributed by atoms with E-state index in [9.17, 15) is 4.79 Å². The Kier molecular flexibility index (Phi) is 5.53. The van der Waals surface area contributed by atoms with E-state index in [0.717, 1.165) is 16.9 Å². The minimum absolute atomic E-state index is 0.140. The van der Waals surface area contributed by atoms with Crippen LogP contribution in [0, 0.1) is 0 Å². The van der Waals surface area contributed by atoms with E-state index in [4.69, 9.17) is 25.5 Å². The van der Waals surface area contributed by atoms with Gasteiger partial charge in [-0.15, -0.1) is 10.2 Å². The number of halogens is 1. The quantitative estimate of drug-likeness (QED) is 0.602. The number of ether oxygens (including phenoxy) is 2. The Morgan fingerprint density at radius 3 is 2.46 bits per heavy atom. The molecule has 0 N–H and O–H groups in total. The fourth-order valence-corrected chi connectivity index (χ4v) is 2.43. The lowest BCUT2D eigenvalue weighted by Gasteiger charge is -2.09. The molecule has 0 amide bonds. The average Bonchev–Trinajstić information content (AvgIpc) is 3.14. The molecule has 0 unspecified atom stereocenters. The number of hydrogen-bond acceptors (Lipinski definition) is 6. The summed E-state index contributed by atoms with van der Waals surface area (Å²) in [5.41, 5.74) is 1.57. The fraction of sp³-hybridized carbons (Fsp3) is 0.211. The van der Waals surface area contributed by atoms with Gasteiger partial charge in [0.25, 0.3) is 5.89 Å². The van der Waals surface area contributed by atoms with Crippen molar-refractivity contribution in [3.05, 3.63) is 65.0 Å². The number of hydrogen-bond donors (Lipinski definition) is 0. The summed E-state index contributed by atoms with van der Waals surface area (Å²) in [5.74, 6) is 0.936. The molecule has 3 aromatic rings. The average molecular weight is 373 g/mol. The smallest absolute Gasteiger partial charge is 0.311 e. The predicted molar refractivity (Wildman–Crippen MR) is 95.9 cm³/mol. The predicted octanol–water partition coefficient (Wildman–Crippen LogP) is 4.25. The Morgan fingerprint density at radius 2 is 1.81 bits per heavy atom. The van der Waals surface area contributed by atoms with Crippen molar-refractivity contribution in [3.8, 4) is 17.2 Å². The first-order chi connectivity index (χ1) is 12.5. The number of carbonyl (C=O) groups excluding carboxylic acids is 1. The zero-order chi connectivity index (χ0) is 18.5. The highest BCUT2D eigenvalue weighted by molar-refractivity contribution is 6.30. The molecule has 0 aliphatic carbocycles. The van der Waals surface area contributed by atoms with Gasteiger partial charge in [-0.3, -0.25) is 4.79 Å². The van der Waals surface area contributed by atoms with Gasteiger partial charge in [0.2, 0.25) is 5.89 Å². The Labute approximate surface area is 155 Å². The molecule has 0 saturated heterocycles. The molecule has 0 bridgehead atoms. The molecular formula is C19H17ClN2O4. The molecule has 26 heavy (non-hydrogen) atoms. The Balaban J connectivity index is 1.62. The molecule has 1 atom stereocenters. The van der Waals surface area contributed by atoms with Gasteiger partial charge in [-0.25, -0.2) is 0 Å². The van der Waals surface area contributed by atoms with Crippen molar-refractivity contribution in [2.75, 3.05) is 7.11 Å². The number of benzene rings is 2. The van der Waals surface area contributed by atoms with Crippen LogP contribution >= 0.6 is 11.6 Å². The Morgan fingerprint density at radius 1 is 1.12 bits per heavy atom. The largest absolute Gasteiger partial charge is 0.497 e. The molecule has 2 aromatic carbocycles. The van der Waals surface area contributed by atoms with Crippen molar-refractivity contribution in [1.82, 2.24) is 10.2 Å². The van der Waals surface area contributed by atoms with Crippen LogP contribution in [-0.2, 0) is 16.0 Å². The lowest BCUT2D eigenvalue weighted by Crippen LogP contribution is -2.11. The minimum atomic E-state index is -0.644. The van der Waals surface area contributed by atoms with Crippen LogP contribution in [-0.4, -0.2) is 23.3 Å². The van der Waals surface area contributed by atoms with Gasteiger partial charge in [0.05, 0.1) is 13.5 Å². The van der Waals surface area contributed by atoms with Crippen LogP contribution in [0.5, 0.6) is 5.75 Å². The van der Waals surface area contributed by atoms with E-state index < -0.39 is 6.10 Å². The van der Waals surface area contributed by atoms with Gasteiger partial charge in [-0.2, -0.15) is 0 Å². The van der Waals surface area contributed by atoms with E-state index in [0.29, 0.717) is 10.9 Å². The third-order valence-electron chi connectivity index (χ3n) is 3.70. The zero-order valence-corrected chi connectivity index (χ0v) is 15.1. The Bertz CT molecular complexity index is 875. The second-order valence-electron chi connectivity index (χ2n) is 5.61. The lowest BCUT2D eigenvalue weighted by molar-refractivity contribution is -0.148. The van der Waals surface area contributed by atoms with Crippen molar-refractivity contribution in [2.24, 2.45) is 0 Å². The molecule has 3 rings (SSSR count). The second kappa shape index (κ2) is 8.01. The van der Waals surface area contributed by atoms with Crippen LogP contribution in [0.15, 0.2) is 52.9 Å². The lowest BCUT2D eigenvalue weighted by atomic mass is 10.1. The third kappa shape index (κ3) is 4.40. The molecule has 0 aliphatic rings. The summed E-state index contributed by atoms with van der Waals surface area (Å²) in [4.78, 5) is 12.1.